The van der Waals surface area contributed by atoms with E-state index in [0.29, 0.717) is 0 Å². The molecule has 2 aliphatic rings. The molecule has 3 heterocycles. The van der Waals surface area contributed by atoms with Crippen LogP contribution in [0.5, 0.6) is 0 Å². The second kappa shape index (κ2) is 2.58. The molecule has 0 spiro atoms. The van der Waals surface area contributed by atoms with E-state index in [1.165, 1.54) is 15.3 Å². The Morgan fingerprint density at radius 3 is 2.64 bits per heavy atom. The molecule has 1 aromatic rings. The first-order chi connectivity index (χ1) is 6.61. The van der Waals surface area contributed by atoms with Crippen molar-refractivity contribution in [3.05, 3.63) is 20.9 Å². The van der Waals surface area contributed by atoms with Gasteiger partial charge in [-0.2, -0.15) is 0 Å². The van der Waals surface area contributed by atoms with Gasteiger partial charge in [0.05, 0.1) is 0 Å². The fourth-order valence-corrected chi connectivity index (χ4v) is 3.48. The maximum atomic E-state index is 10.1. The number of aliphatic hydroxyl groups excluding tert-OH is 1. The van der Waals surface area contributed by atoms with Crippen molar-refractivity contribution in [2.24, 2.45) is 0 Å². The Morgan fingerprint density at radius 2 is 1.93 bits per heavy atom. The smallest absolute Gasteiger partial charge is 0.144 e. The molecule has 1 saturated heterocycles. The van der Waals surface area contributed by atoms with Gasteiger partial charge in [0.1, 0.15) is 18.6 Å². The molecule has 0 aromatic carbocycles. The first-order valence-electron chi connectivity index (χ1n) is 4.76. The highest BCUT2D eigenvalue weighted by atomic mass is 32.1. The van der Waals surface area contributed by atoms with Crippen molar-refractivity contribution in [2.75, 3.05) is 7.05 Å². The molecular weight excluding hydrogens is 198 g/mol. The van der Waals surface area contributed by atoms with Gasteiger partial charge < -0.3 is 9.84 Å². The van der Waals surface area contributed by atoms with E-state index in [4.69, 9.17) is 4.74 Å². The molecule has 1 N–H and O–H groups in total. The molecule has 2 aliphatic heterocycles. The Hall–Kier alpha value is -0.420. The summed E-state index contributed by atoms with van der Waals surface area (Å²) in [6, 6.07) is 0. The molecule has 4 heteroatoms. The summed E-state index contributed by atoms with van der Waals surface area (Å²) in [6.45, 7) is 4.17. The topological polar surface area (TPSA) is 36.0 Å². The van der Waals surface area contributed by atoms with Gasteiger partial charge in [-0.3, -0.25) is 0 Å². The highest BCUT2D eigenvalue weighted by Gasteiger charge is 2.53. The van der Waals surface area contributed by atoms with Crippen LogP contribution in [0.25, 0.3) is 0 Å². The van der Waals surface area contributed by atoms with Gasteiger partial charge in [-0.05, 0) is 20.9 Å². The third-order valence-corrected chi connectivity index (χ3v) is 4.21. The fourth-order valence-electron chi connectivity index (χ4n) is 2.36. The lowest BCUT2D eigenvalue weighted by Crippen LogP contribution is -2.31. The van der Waals surface area contributed by atoms with Gasteiger partial charge in [0.15, 0.2) is 0 Å². The zero-order valence-corrected chi connectivity index (χ0v) is 9.26. The van der Waals surface area contributed by atoms with E-state index in [1.54, 1.807) is 11.3 Å². The molecule has 3 unspecified atom stereocenters. The number of aryl methyl sites for hydroxylation is 2. The van der Waals surface area contributed by atoms with E-state index in [9.17, 15) is 5.11 Å². The Labute approximate surface area is 86.9 Å². The summed E-state index contributed by atoms with van der Waals surface area (Å²) in [7, 11) is 1.91. The number of hydrogen-bond donors (Lipinski definition) is 1. The first-order valence-corrected chi connectivity index (χ1v) is 5.58. The van der Waals surface area contributed by atoms with Gasteiger partial charge >= 0.3 is 0 Å². The standard InChI is InChI=1S/C10H13NO2S/c1-4-6-7(5(2)14-4)9(12)11(3)10-8(6)13-10/h8-10,12H,1-3H3. The summed E-state index contributed by atoms with van der Waals surface area (Å²) >= 11 is 1.75. The third kappa shape index (κ3) is 0.918. The highest BCUT2D eigenvalue weighted by molar-refractivity contribution is 7.12. The molecule has 76 valence electrons. The van der Waals surface area contributed by atoms with Crippen molar-refractivity contribution in [3.63, 3.8) is 0 Å². The van der Waals surface area contributed by atoms with Crippen LogP contribution in [0.4, 0.5) is 0 Å². The van der Waals surface area contributed by atoms with Crippen LogP contribution in [0, 0.1) is 13.8 Å². The third-order valence-electron chi connectivity index (χ3n) is 3.15. The maximum Gasteiger partial charge on any atom is 0.144 e. The number of ether oxygens (including phenoxy) is 1. The minimum Gasteiger partial charge on any atom is -0.374 e. The molecular formula is C10H13NO2S. The summed E-state index contributed by atoms with van der Waals surface area (Å²) in [5.74, 6) is 0. The number of likely N-dealkylation sites (N-methyl/N-ethyl adjacent to an activating group) is 1. The van der Waals surface area contributed by atoms with Gasteiger partial charge in [0.25, 0.3) is 0 Å². The number of nitrogens with zero attached hydrogens (tertiary/aromatic N) is 1. The van der Waals surface area contributed by atoms with E-state index < -0.39 is 6.23 Å². The lowest BCUT2D eigenvalue weighted by molar-refractivity contribution is -0.0104. The molecule has 3 nitrogen and oxygen atoms in total. The second-order valence-electron chi connectivity index (χ2n) is 4.03. The zero-order chi connectivity index (χ0) is 10.0. The number of fused-ring (bicyclic) bond motifs is 3. The van der Waals surface area contributed by atoms with E-state index >= 15 is 0 Å². The number of hydrogen-bond acceptors (Lipinski definition) is 4. The predicted octanol–water partition coefficient (Wildman–Crippen LogP) is 1.70. The zero-order valence-electron chi connectivity index (χ0n) is 8.44. The SMILES string of the molecule is Cc1sc(C)c2c1C1OC1N(C)C2O. The van der Waals surface area contributed by atoms with Crippen molar-refractivity contribution < 1.29 is 9.84 Å². The molecule has 0 amide bonds. The van der Waals surface area contributed by atoms with Crippen LogP contribution in [0.1, 0.15) is 33.2 Å². The fraction of sp³-hybridized carbons (Fsp3) is 0.600. The van der Waals surface area contributed by atoms with Crippen molar-refractivity contribution in [1.29, 1.82) is 0 Å². The lowest BCUT2D eigenvalue weighted by Gasteiger charge is -2.26. The molecule has 3 atom stereocenters. The summed E-state index contributed by atoms with van der Waals surface area (Å²) < 4.78 is 5.55. The predicted molar refractivity (Wildman–Crippen MR) is 54.1 cm³/mol. The van der Waals surface area contributed by atoms with E-state index in [0.717, 1.165) is 5.56 Å². The van der Waals surface area contributed by atoms with Crippen molar-refractivity contribution >= 4 is 11.3 Å². The number of rotatable bonds is 0. The Morgan fingerprint density at radius 1 is 1.29 bits per heavy atom. The number of aliphatic hydroxyl groups is 1. The summed E-state index contributed by atoms with van der Waals surface area (Å²) in [4.78, 5) is 4.40. The van der Waals surface area contributed by atoms with Crippen LogP contribution in [0.2, 0.25) is 0 Å². The molecule has 0 saturated carbocycles. The van der Waals surface area contributed by atoms with Crippen LogP contribution in [0.15, 0.2) is 0 Å². The van der Waals surface area contributed by atoms with Gasteiger partial charge in [-0.1, -0.05) is 0 Å². The quantitative estimate of drug-likeness (QED) is 0.663. The average Bonchev–Trinajstić information content (AvgIpc) is 2.84. The molecule has 3 rings (SSSR count). The van der Waals surface area contributed by atoms with E-state index in [1.807, 2.05) is 11.9 Å². The Bertz CT molecular complexity index is 401. The van der Waals surface area contributed by atoms with Crippen LogP contribution >= 0.6 is 11.3 Å². The van der Waals surface area contributed by atoms with E-state index in [-0.39, 0.29) is 12.3 Å². The van der Waals surface area contributed by atoms with Crippen LogP contribution in [-0.4, -0.2) is 23.3 Å². The van der Waals surface area contributed by atoms with Gasteiger partial charge in [-0.25, -0.2) is 4.90 Å². The number of epoxide rings is 1. The van der Waals surface area contributed by atoms with E-state index in [2.05, 4.69) is 13.8 Å². The van der Waals surface area contributed by atoms with Crippen LogP contribution in [-0.2, 0) is 4.74 Å². The van der Waals surface area contributed by atoms with Crippen molar-refractivity contribution in [3.8, 4) is 0 Å². The molecule has 0 radical (unpaired) electrons. The van der Waals surface area contributed by atoms with Crippen molar-refractivity contribution in [1.82, 2.24) is 4.90 Å². The Kier molecular flexibility index (Phi) is 1.63. The molecule has 1 aromatic heterocycles. The molecule has 0 bridgehead atoms. The minimum atomic E-state index is -0.487. The minimum absolute atomic E-state index is 0.102. The summed E-state index contributed by atoms with van der Waals surface area (Å²) in [5, 5.41) is 10.1. The Balaban J connectivity index is 2.21. The van der Waals surface area contributed by atoms with Gasteiger partial charge in [-0.15, -0.1) is 11.3 Å². The maximum absolute atomic E-state index is 10.1. The summed E-state index contributed by atoms with van der Waals surface area (Å²) in [6.07, 6.45) is -0.174. The van der Waals surface area contributed by atoms with Crippen LogP contribution in [0.3, 0.4) is 0 Å². The molecule has 1 fully saturated rings. The summed E-state index contributed by atoms with van der Waals surface area (Å²) in [5.41, 5.74) is 2.32. The van der Waals surface area contributed by atoms with Crippen LogP contribution < -0.4 is 0 Å². The van der Waals surface area contributed by atoms with Crippen molar-refractivity contribution in [2.45, 2.75) is 32.4 Å². The average molecular weight is 211 g/mol. The van der Waals surface area contributed by atoms with Gasteiger partial charge in [0, 0.05) is 20.9 Å². The first kappa shape index (κ1) is 8.85. The highest BCUT2D eigenvalue weighted by Crippen LogP contribution is 2.53. The lowest BCUT2D eigenvalue weighted by atomic mass is 9.99. The normalized spacial score (nSPS) is 35.3. The molecule has 0 aliphatic carbocycles. The second-order valence-corrected chi connectivity index (χ2v) is 5.46. The van der Waals surface area contributed by atoms with Gasteiger partial charge in [0.2, 0.25) is 0 Å². The molecule has 14 heavy (non-hydrogen) atoms. The number of thiophene rings is 1. The monoisotopic (exact) mass is 211 g/mol. The largest absolute Gasteiger partial charge is 0.374 e.